The third-order valence-corrected chi connectivity index (χ3v) is 5.36. The molecule has 2 aromatic heterocycles. The molecule has 0 radical (unpaired) electrons. The average Bonchev–Trinajstić information content (AvgIpc) is 3.16. The monoisotopic (exact) mass is 387 g/mol. The van der Waals surface area contributed by atoms with Crippen molar-refractivity contribution >= 4 is 23.2 Å². The van der Waals surface area contributed by atoms with Gasteiger partial charge in [-0.25, -0.2) is 4.98 Å². The van der Waals surface area contributed by atoms with Crippen LogP contribution >= 0.6 is 11.6 Å². The van der Waals surface area contributed by atoms with Crippen molar-refractivity contribution in [3.63, 3.8) is 0 Å². The Morgan fingerprint density at radius 2 is 2.04 bits per heavy atom. The summed E-state index contributed by atoms with van der Waals surface area (Å²) < 4.78 is 12.6. The van der Waals surface area contributed by atoms with Gasteiger partial charge in [-0.1, -0.05) is 23.7 Å². The summed E-state index contributed by atoms with van der Waals surface area (Å²) in [4.78, 5) is 8.67. The second-order valence-corrected chi connectivity index (χ2v) is 7.23. The van der Waals surface area contributed by atoms with E-state index in [1.165, 1.54) is 11.9 Å². The molecule has 1 saturated heterocycles. The van der Waals surface area contributed by atoms with Crippen molar-refractivity contribution in [3.8, 4) is 0 Å². The Hall–Kier alpha value is -2.22. The summed E-state index contributed by atoms with van der Waals surface area (Å²) in [5, 5.41) is 8.61. The van der Waals surface area contributed by atoms with Crippen LogP contribution in [0.3, 0.4) is 0 Å². The van der Waals surface area contributed by atoms with E-state index in [9.17, 15) is 0 Å². The number of anilines is 1. The second-order valence-electron chi connectivity index (χ2n) is 6.79. The fourth-order valence-electron chi connectivity index (χ4n) is 3.60. The largest absolute Gasteiger partial charge is 0.381 e. The Labute approximate surface area is 162 Å². The number of rotatable bonds is 6. The number of nitrogens with one attached hydrogen (secondary N) is 1. The normalized spacial score (nSPS) is 16.5. The molecular weight excluding hydrogens is 366 g/mol. The summed E-state index contributed by atoms with van der Waals surface area (Å²) in [6.07, 6.45) is 3.39. The van der Waals surface area contributed by atoms with Crippen molar-refractivity contribution in [2.24, 2.45) is 0 Å². The van der Waals surface area contributed by atoms with E-state index in [4.69, 9.17) is 21.1 Å². The Bertz CT molecular complexity index is 906. The fourth-order valence-corrected chi connectivity index (χ4v) is 3.73. The standard InChI is InChI=1S/C19H22ClN5O2/c1-26-11-16-10-17(25-18(24-16)22-13-23-25)21-12-19(6-8-27-9-7-19)14-2-4-15(20)5-3-14/h2-5,10,13,21H,6-9,11-12H2,1H3. The molecule has 4 rings (SSSR count). The number of benzene rings is 1. The molecule has 27 heavy (non-hydrogen) atoms. The van der Waals surface area contributed by atoms with Crippen LogP contribution in [0.25, 0.3) is 5.78 Å². The van der Waals surface area contributed by atoms with Crippen molar-refractivity contribution < 1.29 is 9.47 Å². The van der Waals surface area contributed by atoms with Crippen LogP contribution in [-0.4, -0.2) is 46.5 Å². The lowest BCUT2D eigenvalue weighted by Gasteiger charge is -2.38. The van der Waals surface area contributed by atoms with E-state index in [0.29, 0.717) is 12.4 Å². The van der Waals surface area contributed by atoms with Crippen LogP contribution in [0.4, 0.5) is 5.82 Å². The molecule has 142 valence electrons. The zero-order chi connectivity index (χ0) is 18.7. The van der Waals surface area contributed by atoms with Gasteiger partial charge in [0.25, 0.3) is 5.78 Å². The first kappa shape index (κ1) is 18.2. The molecule has 1 aromatic carbocycles. The van der Waals surface area contributed by atoms with Gasteiger partial charge in [0.15, 0.2) is 0 Å². The summed E-state index contributed by atoms with van der Waals surface area (Å²) >= 11 is 6.09. The predicted molar refractivity (Wildman–Crippen MR) is 103 cm³/mol. The minimum Gasteiger partial charge on any atom is -0.381 e. The lowest BCUT2D eigenvalue weighted by molar-refractivity contribution is 0.0543. The number of hydrogen-bond acceptors (Lipinski definition) is 6. The maximum absolute atomic E-state index is 6.09. The SMILES string of the molecule is COCc1cc(NCC2(c3ccc(Cl)cc3)CCOCC2)n2ncnc2n1. The maximum Gasteiger partial charge on any atom is 0.254 e. The first-order valence-corrected chi connectivity index (χ1v) is 9.34. The van der Waals surface area contributed by atoms with Gasteiger partial charge in [-0.3, -0.25) is 0 Å². The highest BCUT2D eigenvalue weighted by molar-refractivity contribution is 6.30. The number of methoxy groups -OCH3 is 1. The third kappa shape index (κ3) is 3.76. The number of fused-ring (bicyclic) bond motifs is 1. The molecule has 0 amide bonds. The maximum atomic E-state index is 6.09. The number of hydrogen-bond donors (Lipinski definition) is 1. The van der Waals surface area contributed by atoms with E-state index < -0.39 is 0 Å². The molecule has 0 unspecified atom stereocenters. The van der Waals surface area contributed by atoms with Crippen LogP contribution in [0.1, 0.15) is 24.1 Å². The lowest BCUT2D eigenvalue weighted by Crippen LogP contribution is -2.40. The van der Waals surface area contributed by atoms with Gasteiger partial charge in [-0.15, -0.1) is 0 Å². The lowest BCUT2D eigenvalue weighted by atomic mass is 9.74. The molecular formula is C19H22ClN5O2. The number of nitrogens with zero attached hydrogens (tertiary/aromatic N) is 4. The molecule has 7 nitrogen and oxygen atoms in total. The highest BCUT2D eigenvalue weighted by Gasteiger charge is 2.34. The van der Waals surface area contributed by atoms with Gasteiger partial charge in [-0.2, -0.15) is 14.6 Å². The van der Waals surface area contributed by atoms with Crippen LogP contribution in [0.5, 0.6) is 0 Å². The van der Waals surface area contributed by atoms with Gasteiger partial charge in [0, 0.05) is 43.4 Å². The van der Waals surface area contributed by atoms with Gasteiger partial charge in [-0.05, 0) is 30.5 Å². The van der Waals surface area contributed by atoms with Crippen molar-refractivity contribution in [3.05, 3.63) is 52.9 Å². The molecule has 1 fully saturated rings. The zero-order valence-electron chi connectivity index (χ0n) is 15.2. The molecule has 0 atom stereocenters. The van der Waals surface area contributed by atoms with Crippen molar-refractivity contribution in [2.75, 3.05) is 32.2 Å². The van der Waals surface area contributed by atoms with E-state index >= 15 is 0 Å². The number of halogens is 1. The summed E-state index contributed by atoms with van der Waals surface area (Å²) in [5.41, 5.74) is 2.05. The van der Waals surface area contributed by atoms with Crippen molar-refractivity contribution in [1.82, 2.24) is 19.6 Å². The van der Waals surface area contributed by atoms with Crippen LogP contribution in [-0.2, 0) is 21.5 Å². The van der Waals surface area contributed by atoms with E-state index in [0.717, 1.165) is 49.1 Å². The molecule has 0 spiro atoms. The van der Waals surface area contributed by atoms with Gasteiger partial charge >= 0.3 is 0 Å². The number of aromatic nitrogens is 4. The van der Waals surface area contributed by atoms with Crippen LogP contribution in [0, 0.1) is 0 Å². The topological polar surface area (TPSA) is 73.6 Å². The summed E-state index contributed by atoms with van der Waals surface area (Å²) in [6.45, 7) is 2.67. The third-order valence-electron chi connectivity index (χ3n) is 5.11. The molecule has 1 N–H and O–H groups in total. The Kier molecular flexibility index (Phi) is 5.24. The molecule has 0 aliphatic carbocycles. The van der Waals surface area contributed by atoms with Gasteiger partial charge in [0.1, 0.15) is 12.1 Å². The van der Waals surface area contributed by atoms with E-state index in [1.54, 1.807) is 11.6 Å². The average molecular weight is 388 g/mol. The molecule has 8 heteroatoms. The van der Waals surface area contributed by atoms with Crippen LogP contribution in [0.15, 0.2) is 36.7 Å². The second kappa shape index (κ2) is 7.80. The summed E-state index contributed by atoms with van der Waals surface area (Å²) in [7, 11) is 1.65. The van der Waals surface area contributed by atoms with Gasteiger partial charge < -0.3 is 14.8 Å². The van der Waals surface area contributed by atoms with Gasteiger partial charge in [0.2, 0.25) is 0 Å². The van der Waals surface area contributed by atoms with Gasteiger partial charge in [0.05, 0.1) is 12.3 Å². The van der Waals surface area contributed by atoms with Crippen molar-refractivity contribution in [1.29, 1.82) is 0 Å². The van der Waals surface area contributed by atoms with E-state index in [-0.39, 0.29) is 5.41 Å². The number of ether oxygens (including phenoxy) is 2. The Balaban J connectivity index is 1.64. The molecule has 1 aliphatic rings. The smallest absolute Gasteiger partial charge is 0.254 e. The first-order chi connectivity index (χ1) is 13.2. The Morgan fingerprint density at radius 1 is 1.26 bits per heavy atom. The van der Waals surface area contributed by atoms with Crippen molar-refractivity contribution in [2.45, 2.75) is 24.9 Å². The van der Waals surface area contributed by atoms with E-state index in [1.807, 2.05) is 18.2 Å². The zero-order valence-corrected chi connectivity index (χ0v) is 15.9. The fraction of sp³-hybridized carbons (Fsp3) is 0.421. The van der Waals surface area contributed by atoms with E-state index in [2.05, 4.69) is 32.5 Å². The Morgan fingerprint density at radius 3 is 2.78 bits per heavy atom. The predicted octanol–water partition coefficient (Wildman–Crippen LogP) is 3.08. The minimum atomic E-state index is -0.0273. The van der Waals surface area contributed by atoms with Crippen LogP contribution < -0.4 is 5.32 Å². The molecule has 3 aromatic rings. The minimum absolute atomic E-state index is 0.0273. The molecule has 1 aliphatic heterocycles. The molecule has 0 bridgehead atoms. The highest BCUT2D eigenvalue weighted by Crippen LogP contribution is 2.35. The summed E-state index contributed by atoms with van der Waals surface area (Å²) in [5.74, 6) is 1.41. The molecule has 3 heterocycles. The first-order valence-electron chi connectivity index (χ1n) is 8.96. The summed E-state index contributed by atoms with van der Waals surface area (Å²) in [6, 6.07) is 10.1. The highest BCUT2D eigenvalue weighted by atomic mass is 35.5. The van der Waals surface area contributed by atoms with Crippen LogP contribution in [0.2, 0.25) is 5.02 Å². The quantitative estimate of drug-likeness (QED) is 0.700. The molecule has 0 saturated carbocycles.